The van der Waals surface area contributed by atoms with Crippen molar-refractivity contribution in [2.24, 2.45) is 5.92 Å². The molecule has 1 heterocycles. The maximum atomic E-state index is 11.7. The number of nitrogens with zero attached hydrogens (tertiary/aromatic N) is 1. The molecular weight excluding hydrogens is 294 g/mol. The molecule has 0 aliphatic heterocycles. The lowest BCUT2D eigenvalue weighted by atomic mass is 10.0. The van der Waals surface area contributed by atoms with E-state index in [1.807, 2.05) is 0 Å². The summed E-state index contributed by atoms with van der Waals surface area (Å²) in [5, 5.41) is 6.99. The molecule has 0 aliphatic rings. The average molecular weight is 310 g/mol. The molecule has 0 radical (unpaired) electrons. The number of aromatic amines is 1. The van der Waals surface area contributed by atoms with Crippen LogP contribution in [0.3, 0.4) is 0 Å². The van der Waals surface area contributed by atoms with Gasteiger partial charge in [0.15, 0.2) is 0 Å². The van der Waals surface area contributed by atoms with Gasteiger partial charge in [0.25, 0.3) is 0 Å². The summed E-state index contributed by atoms with van der Waals surface area (Å²) in [6.45, 7) is 2.52. The van der Waals surface area contributed by atoms with Crippen molar-refractivity contribution in [2.75, 3.05) is 11.9 Å². The average Bonchev–Trinajstić information content (AvgIpc) is 2.78. The van der Waals surface area contributed by atoms with Crippen molar-refractivity contribution in [1.29, 1.82) is 0 Å². The molecule has 0 amide bonds. The highest BCUT2D eigenvalue weighted by molar-refractivity contribution is 9.09. The number of alkyl halides is 1. The molecule has 1 rings (SSSR count). The molecule has 2 N–H and O–H groups in total. The Morgan fingerprint density at radius 2 is 2.38 bits per heavy atom. The van der Waals surface area contributed by atoms with Crippen LogP contribution in [-0.2, 0) is 10.0 Å². The van der Waals surface area contributed by atoms with Crippen molar-refractivity contribution in [3.8, 4) is 0 Å². The Kier molecular flexibility index (Phi) is 5.43. The summed E-state index contributed by atoms with van der Waals surface area (Å²) in [6.07, 6.45) is 4.59. The van der Waals surface area contributed by atoms with E-state index in [0.717, 1.165) is 18.2 Å². The Balaban J connectivity index is 2.54. The van der Waals surface area contributed by atoms with Gasteiger partial charge in [0.1, 0.15) is 4.90 Å². The van der Waals surface area contributed by atoms with E-state index in [1.165, 1.54) is 12.4 Å². The van der Waals surface area contributed by atoms with E-state index in [4.69, 9.17) is 0 Å². The van der Waals surface area contributed by atoms with E-state index in [9.17, 15) is 8.42 Å². The fraction of sp³-hybridized carbons (Fsp3) is 0.667. The zero-order valence-electron chi connectivity index (χ0n) is 9.11. The van der Waals surface area contributed by atoms with Gasteiger partial charge in [0.2, 0.25) is 10.0 Å². The summed E-state index contributed by atoms with van der Waals surface area (Å²) < 4.78 is 26.1. The van der Waals surface area contributed by atoms with Crippen LogP contribution in [0.25, 0.3) is 0 Å². The van der Waals surface area contributed by atoms with Gasteiger partial charge in [-0.3, -0.25) is 5.10 Å². The van der Waals surface area contributed by atoms with E-state index >= 15 is 0 Å². The van der Waals surface area contributed by atoms with Crippen LogP contribution >= 0.6 is 15.9 Å². The van der Waals surface area contributed by atoms with Crippen LogP contribution < -0.4 is 4.72 Å². The molecule has 5 nitrogen and oxygen atoms in total. The summed E-state index contributed by atoms with van der Waals surface area (Å²) in [5.41, 5.74) is 0. The fourth-order valence-electron chi connectivity index (χ4n) is 1.30. The van der Waals surface area contributed by atoms with E-state index in [1.54, 1.807) is 0 Å². The highest BCUT2D eigenvalue weighted by atomic mass is 79.9. The number of nitrogens with one attached hydrogen (secondary N) is 2. The topological polar surface area (TPSA) is 74.8 Å². The van der Waals surface area contributed by atoms with E-state index in [0.29, 0.717) is 12.5 Å². The van der Waals surface area contributed by atoms with Gasteiger partial charge in [-0.05, 0) is 12.3 Å². The van der Waals surface area contributed by atoms with Gasteiger partial charge in [0.05, 0.1) is 6.20 Å². The highest BCUT2D eigenvalue weighted by Gasteiger charge is 2.16. The van der Waals surface area contributed by atoms with Gasteiger partial charge in [0, 0.05) is 18.1 Å². The maximum absolute atomic E-state index is 11.7. The molecule has 7 heteroatoms. The Hall–Kier alpha value is -0.400. The Bertz CT molecular complexity index is 391. The lowest BCUT2D eigenvalue weighted by Gasteiger charge is -2.13. The molecule has 1 atom stereocenters. The number of sulfonamides is 1. The van der Waals surface area contributed by atoms with Gasteiger partial charge in [-0.1, -0.05) is 29.3 Å². The molecule has 0 saturated carbocycles. The zero-order chi connectivity index (χ0) is 12.0. The van der Waals surface area contributed by atoms with Crippen LogP contribution in [-0.4, -0.2) is 30.5 Å². The first-order valence-electron chi connectivity index (χ1n) is 5.14. The third-order valence-corrected chi connectivity index (χ3v) is 4.29. The number of halogens is 1. The Morgan fingerprint density at radius 3 is 2.88 bits per heavy atom. The van der Waals surface area contributed by atoms with E-state index in [-0.39, 0.29) is 4.90 Å². The molecule has 0 fully saturated rings. The summed E-state index contributed by atoms with van der Waals surface area (Å²) in [5.74, 6) is 0.362. The summed E-state index contributed by atoms with van der Waals surface area (Å²) in [7, 11) is -3.40. The molecule has 1 unspecified atom stereocenters. The van der Waals surface area contributed by atoms with Gasteiger partial charge in [-0.15, -0.1) is 0 Å². The molecule has 0 aliphatic carbocycles. The predicted molar refractivity (Wildman–Crippen MR) is 66.0 cm³/mol. The molecule has 0 bridgehead atoms. The number of aromatic nitrogens is 2. The Morgan fingerprint density at radius 1 is 1.62 bits per heavy atom. The first-order chi connectivity index (χ1) is 7.60. The summed E-state index contributed by atoms with van der Waals surface area (Å²) >= 11 is 3.36. The fourth-order valence-corrected chi connectivity index (χ4v) is 2.97. The van der Waals surface area contributed by atoms with Gasteiger partial charge >= 0.3 is 0 Å². The molecule has 1 aromatic heterocycles. The first kappa shape index (κ1) is 13.7. The monoisotopic (exact) mass is 309 g/mol. The first-order valence-corrected chi connectivity index (χ1v) is 7.75. The van der Waals surface area contributed by atoms with Gasteiger partial charge in [-0.25, -0.2) is 13.1 Å². The van der Waals surface area contributed by atoms with E-state index < -0.39 is 10.0 Å². The van der Waals surface area contributed by atoms with Crippen LogP contribution in [0.2, 0.25) is 0 Å². The highest BCUT2D eigenvalue weighted by Crippen LogP contribution is 2.11. The van der Waals surface area contributed by atoms with Crippen molar-refractivity contribution < 1.29 is 8.42 Å². The quantitative estimate of drug-likeness (QED) is 0.750. The predicted octanol–water partition coefficient (Wildman–Crippen LogP) is 1.50. The van der Waals surface area contributed by atoms with Crippen molar-refractivity contribution in [3.05, 3.63) is 12.4 Å². The second kappa shape index (κ2) is 6.36. The van der Waals surface area contributed by atoms with Crippen molar-refractivity contribution in [1.82, 2.24) is 14.9 Å². The van der Waals surface area contributed by atoms with Crippen molar-refractivity contribution in [3.63, 3.8) is 0 Å². The summed E-state index contributed by atoms with van der Waals surface area (Å²) in [4.78, 5) is 0.182. The lowest BCUT2D eigenvalue weighted by Crippen LogP contribution is -2.29. The summed E-state index contributed by atoms with van der Waals surface area (Å²) in [6, 6.07) is 0. The SMILES string of the molecule is CCC(CCBr)CNS(=O)(=O)c1cn[nH]c1. The molecule has 0 aromatic carbocycles. The lowest BCUT2D eigenvalue weighted by molar-refractivity contribution is 0.483. The normalized spacial score (nSPS) is 13.9. The minimum Gasteiger partial charge on any atom is -0.284 e. The Labute approximate surface area is 104 Å². The number of H-pyrrole nitrogens is 1. The second-order valence-corrected chi connectivity index (χ2v) is 6.10. The van der Waals surface area contributed by atoms with Crippen LogP contribution in [0.15, 0.2) is 17.3 Å². The second-order valence-electron chi connectivity index (χ2n) is 3.54. The molecular formula is C9H16BrN3O2S. The molecule has 0 spiro atoms. The van der Waals surface area contributed by atoms with Gasteiger partial charge in [-0.2, -0.15) is 5.10 Å². The maximum Gasteiger partial charge on any atom is 0.243 e. The molecule has 92 valence electrons. The van der Waals surface area contributed by atoms with Crippen LogP contribution in [0, 0.1) is 5.92 Å². The van der Waals surface area contributed by atoms with Gasteiger partial charge < -0.3 is 0 Å². The smallest absolute Gasteiger partial charge is 0.243 e. The minimum absolute atomic E-state index is 0.182. The third kappa shape index (κ3) is 3.88. The third-order valence-electron chi connectivity index (χ3n) is 2.44. The number of rotatable bonds is 7. The number of hydrogen-bond donors (Lipinski definition) is 2. The standard InChI is InChI=1S/C9H16BrN3O2S/c1-2-8(3-4-10)5-13-16(14,15)9-6-11-12-7-9/h6-8,13H,2-5H2,1H3,(H,11,12). The molecule has 16 heavy (non-hydrogen) atoms. The zero-order valence-corrected chi connectivity index (χ0v) is 11.5. The van der Waals surface area contributed by atoms with E-state index in [2.05, 4.69) is 37.8 Å². The van der Waals surface area contributed by atoms with Crippen LogP contribution in [0.5, 0.6) is 0 Å². The van der Waals surface area contributed by atoms with Crippen molar-refractivity contribution >= 4 is 26.0 Å². The largest absolute Gasteiger partial charge is 0.284 e. The number of hydrogen-bond acceptors (Lipinski definition) is 3. The van der Waals surface area contributed by atoms with Crippen molar-refractivity contribution in [2.45, 2.75) is 24.7 Å². The van der Waals surface area contributed by atoms with Crippen LogP contribution in [0.4, 0.5) is 0 Å². The molecule has 0 saturated heterocycles. The minimum atomic E-state index is -3.40. The van der Waals surface area contributed by atoms with Crippen LogP contribution in [0.1, 0.15) is 19.8 Å². The molecule has 1 aromatic rings.